The number of hydrogen-bond donors (Lipinski definition) is 1. The summed E-state index contributed by atoms with van der Waals surface area (Å²) < 4.78 is 1.90. The number of amides is 1. The van der Waals surface area contributed by atoms with Crippen LogP contribution in [0.2, 0.25) is 0 Å². The molecule has 0 aliphatic carbocycles. The number of aryl methyl sites for hydroxylation is 2. The van der Waals surface area contributed by atoms with Gasteiger partial charge in [0.05, 0.1) is 0 Å². The van der Waals surface area contributed by atoms with Crippen LogP contribution in [0.15, 0.2) is 42.5 Å². The van der Waals surface area contributed by atoms with Crippen molar-refractivity contribution in [3.63, 3.8) is 0 Å². The molecular weight excluding hydrogens is 376 g/mol. The third-order valence-electron chi connectivity index (χ3n) is 5.39. The van der Waals surface area contributed by atoms with E-state index in [4.69, 9.17) is 0 Å². The van der Waals surface area contributed by atoms with E-state index in [1.54, 1.807) is 12.1 Å². The molecule has 154 valence electrons. The number of rotatable bonds is 5. The van der Waals surface area contributed by atoms with Crippen molar-refractivity contribution in [2.45, 2.75) is 41.5 Å². The van der Waals surface area contributed by atoms with E-state index in [1.165, 1.54) is 13.8 Å². The van der Waals surface area contributed by atoms with Crippen LogP contribution in [0.4, 0.5) is 5.69 Å². The van der Waals surface area contributed by atoms with E-state index in [0.29, 0.717) is 33.8 Å². The Morgan fingerprint density at radius 3 is 1.80 bits per heavy atom. The van der Waals surface area contributed by atoms with Gasteiger partial charge in [-0.25, -0.2) is 0 Å². The minimum Gasteiger partial charge on any atom is -0.322 e. The molecule has 1 aromatic heterocycles. The van der Waals surface area contributed by atoms with Crippen LogP contribution in [0, 0.1) is 27.7 Å². The van der Waals surface area contributed by atoms with Crippen LogP contribution in [0.5, 0.6) is 0 Å². The fraction of sp³-hybridized carbons (Fsp3) is 0.240. The first-order valence-corrected chi connectivity index (χ1v) is 9.84. The lowest BCUT2D eigenvalue weighted by molar-refractivity contribution is 0.0981. The molecule has 0 bridgehead atoms. The van der Waals surface area contributed by atoms with Crippen molar-refractivity contribution in [2.75, 3.05) is 5.32 Å². The Kier molecular flexibility index (Phi) is 5.74. The number of ketones is 2. The first kappa shape index (κ1) is 21.2. The van der Waals surface area contributed by atoms with Crippen molar-refractivity contribution in [3.8, 4) is 5.69 Å². The molecule has 0 saturated carbocycles. The molecule has 3 aromatic rings. The van der Waals surface area contributed by atoms with Gasteiger partial charge in [-0.3, -0.25) is 14.4 Å². The van der Waals surface area contributed by atoms with Crippen molar-refractivity contribution in [1.29, 1.82) is 0 Å². The third-order valence-corrected chi connectivity index (χ3v) is 5.39. The predicted molar refractivity (Wildman–Crippen MR) is 119 cm³/mol. The number of benzene rings is 2. The lowest BCUT2D eigenvalue weighted by atomic mass is 10.0. The second-order valence-electron chi connectivity index (χ2n) is 7.69. The molecule has 0 saturated heterocycles. The normalized spacial score (nSPS) is 10.7. The van der Waals surface area contributed by atoms with E-state index in [0.717, 1.165) is 16.8 Å². The molecule has 1 N–H and O–H groups in total. The SMILES string of the molecule is CC(=O)c1c(C(C)=O)c(C)n(-c2ccc(C)c(NC(=O)c3ccc(C)cc3)c2)c1C. The van der Waals surface area contributed by atoms with Crippen molar-refractivity contribution < 1.29 is 14.4 Å². The Bertz CT molecular complexity index is 1130. The second-order valence-corrected chi connectivity index (χ2v) is 7.69. The summed E-state index contributed by atoms with van der Waals surface area (Å²) in [7, 11) is 0. The molecule has 0 aliphatic heterocycles. The van der Waals surface area contributed by atoms with Gasteiger partial charge in [0.1, 0.15) is 0 Å². The zero-order valence-corrected chi connectivity index (χ0v) is 18.2. The standard InChI is InChI=1S/C25H26N2O3/c1-14-7-10-20(11-8-14)25(30)26-22-13-21(12-9-15(22)2)27-16(3)23(18(5)28)24(17(27)4)19(6)29/h7-13H,1-6H3,(H,26,30). The van der Waals surface area contributed by atoms with Crippen molar-refractivity contribution >= 4 is 23.2 Å². The highest BCUT2D eigenvalue weighted by atomic mass is 16.1. The van der Waals surface area contributed by atoms with Gasteiger partial charge >= 0.3 is 0 Å². The van der Waals surface area contributed by atoms with Crippen molar-refractivity contribution in [1.82, 2.24) is 4.57 Å². The van der Waals surface area contributed by atoms with Crippen LogP contribution in [0.1, 0.15) is 67.4 Å². The fourth-order valence-electron chi connectivity index (χ4n) is 3.87. The molecule has 30 heavy (non-hydrogen) atoms. The van der Waals surface area contributed by atoms with E-state index in [1.807, 2.05) is 62.6 Å². The van der Waals surface area contributed by atoms with Gasteiger partial charge in [-0.05, 0) is 71.4 Å². The van der Waals surface area contributed by atoms with Crippen molar-refractivity contribution in [3.05, 3.63) is 81.7 Å². The number of Topliss-reactive ketones (excluding diaryl/α,β-unsaturated/α-hetero) is 2. The number of nitrogens with one attached hydrogen (secondary N) is 1. The average Bonchev–Trinajstić information content (AvgIpc) is 2.95. The zero-order chi connectivity index (χ0) is 22.2. The molecule has 0 spiro atoms. The van der Waals surface area contributed by atoms with E-state index < -0.39 is 0 Å². The number of carbonyl (C=O) groups excluding carboxylic acids is 3. The van der Waals surface area contributed by atoms with Crippen LogP contribution >= 0.6 is 0 Å². The summed E-state index contributed by atoms with van der Waals surface area (Å²) in [6.45, 7) is 10.5. The molecule has 3 rings (SSSR count). The lowest BCUT2D eigenvalue weighted by Gasteiger charge is -2.14. The quantitative estimate of drug-likeness (QED) is 0.584. The van der Waals surface area contributed by atoms with Crippen LogP contribution in [0.25, 0.3) is 5.69 Å². The number of anilines is 1. The number of carbonyl (C=O) groups is 3. The van der Waals surface area contributed by atoms with Crippen LogP contribution in [0.3, 0.4) is 0 Å². The average molecular weight is 402 g/mol. The molecule has 0 unspecified atom stereocenters. The first-order valence-electron chi connectivity index (χ1n) is 9.84. The highest BCUT2D eigenvalue weighted by Crippen LogP contribution is 2.29. The maximum atomic E-state index is 12.7. The highest BCUT2D eigenvalue weighted by Gasteiger charge is 2.24. The summed E-state index contributed by atoms with van der Waals surface area (Å²) in [4.78, 5) is 37.1. The van der Waals surface area contributed by atoms with Gasteiger partial charge in [-0.1, -0.05) is 23.8 Å². The zero-order valence-electron chi connectivity index (χ0n) is 18.2. The van der Waals surface area contributed by atoms with Crippen molar-refractivity contribution in [2.24, 2.45) is 0 Å². The molecule has 5 nitrogen and oxygen atoms in total. The lowest BCUT2D eigenvalue weighted by Crippen LogP contribution is -2.13. The second kappa shape index (κ2) is 8.11. The Labute approximate surface area is 176 Å². The van der Waals surface area contributed by atoms with Gasteiger partial charge in [0.25, 0.3) is 5.91 Å². The summed E-state index contributed by atoms with van der Waals surface area (Å²) in [5.74, 6) is -0.468. The molecule has 1 amide bonds. The molecule has 0 fully saturated rings. The molecule has 0 radical (unpaired) electrons. The van der Waals surface area contributed by atoms with E-state index in [-0.39, 0.29) is 17.5 Å². The number of nitrogens with zero attached hydrogens (tertiary/aromatic N) is 1. The molecule has 0 atom stereocenters. The van der Waals surface area contributed by atoms with Gasteiger partial charge in [0.15, 0.2) is 11.6 Å². The Hall–Kier alpha value is -3.47. The predicted octanol–water partition coefficient (Wildman–Crippen LogP) is 5.37. The molecule has 0 aliphatic rings. The molecule has 5 heteroatoms. The largest absolute Gasteiger partial charge is 0.322 e. The minimum atomic E-state index is -0.190. The van der Waals surface area contributed by atoms with Gasteiger partial charge in [0, 0.05) is 39.5 Å². The highest BCUT2D eigenvalue weighted by molar-refractivity contribution is 6.09. The topological polar surface area (TPSA) is 68.2 Å². The van der Waals surface area contributed by atoms with E-state index in [2.05, 4.69) is 5.32 Å². The first-order chi connectivity index (χ1) is 14.1. The Morgan fingerprint density at radius 2 is 1.30 bits per heavy atom. The van der Waals surface area contributed by atoms with Crippen LogP contribution in [-0.4, -0.2) is 22.0 Å². The fourth-order valence-corrected chi connectivity index (χ4v) is 3.87. The number of aromatic nitrogens is 1. The maximum absolute atomic E-state index is 12.7. The summed E-state index contributed by atoms with van der Waals surface area (Å²) in [6, 6.07) is 13.1. The summed E-state index contributed by atoms with van der Waals surface area (Å²) >= 11 is 0. The van der Waals surface area contributed by atoms with Gasteiger partial charge in [-0.2, -0.15) is 0 Å². The third kappa shape index (κ3) is 3.83. The van der Waals surface area contributed by atoms with Crippen LogP contribution in [-0.2, 0) is 0 Å². The van der Waals surface area contributed by atoms with Crippen LogP contribution < -0.4 is 5.32 Å². The molecule has 1 heterocycles. The summed E-state index contributed by atoms with van der Waals surface area (Å²) in [6.07, 6.45) is 0. The minimum absolute atomic E-state index is 0.139. The van der Waals surface area contributed by atoms with E-state index in [9.17, 15) is 14.4 Å². The summed E-state index contributed by atoms with van der Waals surface area (Å²) in [5.41, 5.74) is 6.37. The van der Waals surface area contributed by atoms with Gasteiger partial charge < -0.3 is 9.88 Å². The smallest absolute Gasteiger partial charge is 0.255 e. The van der Waals surface area contributed by atoms with E-state index >= 15 is 0 Å². The Morgan fingerprint density at radius 1 is 0.767 bits per heavy atom. The Balaban J connectivity index is 2.07. The van der Waals surface area contributed by atoms with Gasteiger partial charge in [-0.15, -0.1) is 0 Å². The summed E-state index contributed by atoms with van der Waals surface area (Å²) in [5, 5.41) is 2.98. The van der Waals surface area contributed by atoms with Gasteiger partial charge in [0.2, 0.25) is 0 Å². The molecule has 2 aromatic carbocycles. The maximum Gasteiger partial charge on any atom is 0.255 e. The molecular formula is C25H26N2O3. The number of hydrogen-bond acceptors (Lipinski definition) is 3. The monoisotopic (exact) mass is 402 g/mol.